The number of hydrogen-bond acceptors (Lipinski definition) is 3. The lowest BCUT2D eigenvalue weighted by Gasteiger charge is -2.54. The van der Waals surface area contributed by atoms with Crippen molar-refractivity contribution in [2.24, 2.45) is 29.1 Å². The number of Topliss-reactive ketones (excluding diaryl/α,β-unsaturated/α-hetero) is 1. The molecule has 0 amide bonds. The topological polar surface area (TPSA) is 54.4 Å². The highest BCUT2D eigenvalue weighted by Crippen LogP contribution is 2.64. The lowest BCUT2D eigenvalue weighted by atomic mass is 9.51. The van der Waals surface area contributed by atoms with Gasteiger partial charge in [-0.15, -0.1) is 0 Å². The fourth-order valence-corrected chi connectivity index (χ4v) is 6.57. The number of allylic oxidation sites excluding steroid dienone is 4. The van der Waals surface area contributed by atoms with Gasteiger partial charge < -0.3 is 5.11 Å². The van der Waals surface area contributed by atoms with Crippen LogP contribution < -0.4 is 0 Å². The molecule has 3 nitrogen and oxygen atoms in total. The zero-order chi connectivity index (χ0) is 17.3. The molecule has 2 saturated carbocycles. The Bertz CT molecular complexity index is 673. The molecular formula is C21H28O3. The maximum absolute atomic E-state index is 12.2. The number of carbonyl (C=O) groups is 2. The smallest absolute Gasteiger partial charge is 0.161 e. The minimum Gasteiger partial charge on any atom is -0.382 e. The van der Waals surface area contributed by atoms with Crippen LogP contribution in [0.15, 0.2) is 23.3 Å². The Morgan fingerprint density at radius 3 is 2.71 bits per heavy atom. The van der Waals surface area contributed by atoms with Gasteiger partial charge in [0.15, 0.2) is 11.6 Å². The predicted octanol–water partition coefficient (Wildman–Crippen LogP) is 3.61. The molecule has 3 heteroatoms. The van der Waals surface area contributed by atoms with E-state index in [9.17, 15) is 14.7 Å². The van der Waals surface area contributed by atoms with Gasteiger partial charge in [-0.2, -0.15) is 0 Å². The van der Waals surface area contributed by atoms with Gasteiger partial charge in [0, 0.05) is 11.8 Å². The molecule has 4 aliphatic carbocycles. The summed E-state index contributed by atoms with van der Waals surface area (Å²) in [4.78, 5) is 24.0. The molecule has 4 aliphatic rings. The van der Waals surface area contributed by atoms with Crippen molar-refractivity contribution < 1.29 is 14.7 Å². The Hall–Kier alpha value is -1.22. The molecular weight excluding hydrogens is 300 g/mol. The van der Waals surface area contributed by atoms with E-state index in [0.717, 1.165) is 25.7 Å². The van der Waals surface area contributed by atoms with Gasteiger partial charge in [-0.1, -0.05) is 18.6 Å². The summed E-state index contributed by atoms with van der Waals surface area (Å²) in [6, 6.07) is 0. The van der Waals surface area contributed by atoms with Crippen LogP contribution in [0.5, 0.6) is 0 Å². The number of fused-ring (bicyclic) bond motifs is 5. The Labute approximate surface area is 144 Å². The number of rotatable bonds is 1. The molecule has 0 heterocycles. The second-order valence-corrected chi connectivity index (χ2v) is 8.82. The molecule has 0 spiro atoms. The van der Waals surface area contributed by atoms with Gasteiger partial charge in [-0.3, -0.25) is 9.59 Å². The van der Waals surface area contributed by atoms with Gasteiger partial charge in [0.1, 0.15) is 5.60 Å². The van der Waals surface area contributed by atoms with Crippen LogP contribution in [0.2, 0.25) is 0 Å². The zero-order valence-corrected chi connectivity index (χ0v) is 15.0. The van der Waals surface area contributed by atoms with Crippen molar-refractivity contribution in [3.8, 4) is 0 Å². The number of ketones is 2. The number of hydrogen-bond donors (Lipinski definition) is 1. The first kappa shape index (κ1) is 16.3. The molecule has 0 unspecified atom stereocenters. The molecule has 130 valence electrons. The molecule has 4 rings (SSSR count). The van der Waals surface area contributed by atoms with E-state index in [1.807, 2.05) is 6.08 Å². The van der Waals surface area contributed by atoms with E-state index in [4.69, 9.17) is 0 Å². The van der Waals surface area contributed by atoms with E-state index in [0.29, 0.717) is 36.5 Å². The Morgan fingerprint density at radius 2 is 2.00 bits per heavy atom. The number of aliphatic hydroxyl groups is 1. The van der Waals surface area contributed by atoms with Gasteiger partial charge in [0.2, 0.25) is 0 Å². The van der Waals surface area contributed by atoms with E-state index >= 15 is 0 Å². The first-order valence-corrected chi connectivity index (χ1v) is 9.44. The van der Waals surface area contributed by atoms with Crippen molar-refractivity contribution in [3.05, 3.63) is 23.3 Å². The average molecular weight is 328 g/mol. The third-order valence-corrected chi connectivity index (χ3v) is 7.95. The molecule has 6 atom stereocenters. The summed E-state index contributed by atoms with van der Waals surface area (Å²) in [5, 5.41) is 11.1. The average Bonchev–Trinajstić information content (AvgIpc) is 2.81. The van der Waals surface area contributed by atoms with Crippen molar-refractivity contribution in [1.82, 2.24) is 0 Å². The summed E-state index contributed by atoms with van der Waals surface area (Å²) in [7, 11) is 0. The Balaban J connectivity index is 1.75. The molecule has 0 aromatic carbocycles. The Kier molecular flexibility index (Phi) is 3.48. The second-order valence-electron chi connectivity index (χ2n) is 8.82. The molecule has 0 aromatic heterocycles. The van der Waals surface area contributed by atoms with Crippen LogP contribution in [0.4, 0.5) is 0 Å². The molecule has 0 aromatic rings. The summed E-state index contributed by atoms with van der Waals surface area (Å²) < 4.78 is 0. The minimum absolute atomic E-state index is 0.0636. The van der Waals surface area contributed by atoms with Crippen LogP contribution in [0.3, 0.4) is 0 Å². The number of carbonyl (C=O) groups excluding carboxylic acids is 2. The van der Waals surface area contributed by atoms with Crippen molar-refractivity contribution in [1.29, 1.82) is 0 Å². The minimum atomic E-state index is -1.15. The molecule has 0 bridgehead atoms. The zero-order valence-electron chi connectivity index (χ0n) is 15.0. The van der Waals surface area contributed by atoms with E-state index in [1.54, 1.807) is 6.92 Å². The first-order chi connectivity index (χ1) is 11.3. The van der Waals surface area contributed by atoms with Gasteiger partial charge >= 0.3 is 0 Å². The SMILES string of the molecule is CC(=O)[C@@]1(O)CC[C@H]2[C@@H]3C=C(C)C4=CC(=O)CC[C@@H]4[C@H]3CC[C@@]21C. The van der Waals surface area contributed by atoms with Gasteiger partial charge in [0.25, 0.3) is 0 Å². The van der Waals surface area contributed by atoms with Crippen LogP contribution in [0.1, 0.15) is 59.3 Å². The maximum Gasteiger partial charge on any atom is 0.161 e. The third-order valence-electron chi connectivity index (χ3n) is 7.95. The van der Waals surface area contributed by atoms with E-state index < -0.39 is 5.60 Å². The summed E-state index contributed by atoms with van der Waals surface area (Å²) in [5.74, 6) is 2.08. The molecule has 0 radical (unpaired) electrons. The Morgan fingerprint density at radius 1 is 1.25 bits per heavy atom. The largest absolute Gasteiger partial charge is 0.382 e. The van der Waals surface area contributed by atoms with Crippen LogP contribution in [-0.2, 0) is 9.59 Å². The normalized spacial score (nSPS) is 47.2. The van der Waals surface area contributed by atoms with Crippen molar-refractivity contribution in [3.63, 3.8) is 0 Å². The van der Waals surface area contributed by atoms with Crippen LogP contribution >= 0.6 is 0 Å². The quantitative estimate of drug-likeness (QED) is 0.800. The molecule has 1 N–H and O–H groups in total. The van der Waals surface area contributed by atoms with Crippen LogP contribution in [-0.4, -0.2) is 22.3 Å². The predicted molar refractivity (Wildman–Crippen MR) is 92.2 cm³/mol. The molecule has 0 aliphatic heterocycles. The van der Waals surface area contributed by atoms with E-state index in [-0.39, 0.29) is 17.0 Å². The lowest BCUT2D eigenvalue weighted by molar-refractivity contribution is -0.155. The summed E-state index contributed by atoms with van der Waals surface area (Å²) in [5.41, 5.74) is 1.05. The molecule has 24 heavy (non-hydrogen) atoms. The standard InChI is InChI=1S/C21H28O3/c1-12-10-18-16(15-5-4-14(23)11-17(12)15)6-8-20(3)19(18)7-9-21(20,24)13(2)22/h10-11,15-16,18-19,24H,4-9H2,1-3H3/t15-,16-,18-,19+,20+,21+/m1/s1. The summed E-state index contributed by atoms with van der Waals surface area (Å²) >= 11 is 0. The van der Waals surface area contributed by atoms with Gasteiger partial charge in [-0.05, 0) is 81.3 Å². The highest BCUT2D eigenvalue weighted by atomic mass is 16.3. The highest BCUT2D eigenvalue weighted by molar-refractivity contribution is 5.92. The van der Waals surface area contributed by atoms with E-state index in [2.05, 4.69) is 19.9 Å². The van der Waals surface area contributed by atoms with Crippen LogP contribution in [0, 0.1) is 29.1 Å². The first-order valence-electron chi connectivity index (χ1n) is 9.44. The van der Waals surface area contributed by atoms with Gasteiger partial charge in [-0.25, -0.2) is 0 Å². The summed E-state index contributed by atoms with van der Waals surface area (Å²) in [6.45, 7) is 5.82. The monoisotopic (exact) mass is 328 g/mol. The fourth-order valence-electron chi connectivity index (χ4n) is 6.57. The van der Waals surface area contributed by atoms with Gasteiger partial charge in [0.05, 0.1) is 0 Å². The van der Waals surface area contributed by atoms with E-state index in [1.165, 1.54) is 11.1 Å². The summed E-state index contributed by atoms with van der Waals surface area (Å²) in [6.07, 6.45) is 9.38. The van der Waals surface area contributed by atoms with Crippen molar-refractivity contribution in [2.75, 3.05) is 0 Å². The third kappa shape index (κ3) is 1.94. The highest BCUT2D eigenvalue weighted by Gasteiger charge is 2.63. The molecule has 2 fully saturated rings. The molecule has 0 saturated heterocycles. The lowest BCUT2D eigenvalue weighted by Crippen LogP contribution is -2.55. The maximum atomic E-state index is 12.2. The second kappa shape index (κ2) is 5.14. The van der Waals surface area contributed by atoms with Crippen molar-refractivity contribution >= 4 is 11.6 Å². The fraction of sp³-hybridized carbons (Fsp3) is 0.714. The van der Waals surface area contributed by atoms with Crippen molar-refractivity contribution in [2.45, 2.75) is 64.9 Å². The van der Waals surface area contributed by atoms with Crippen LogP contribution in [0.25, 0.3) is 0 Å².